The molecule has 0 aromatic carbocycles. The summed E-state index contributed by atoms with van der Waals surface area (Å²) in [6.07, 6.45) is 2.49. The third kappa shape index (κ3) is 4.94. The Kier molecular flexibility index (Phi) is 6.65. The van der Waals surface area contributed by atoms with E-state index >= 15 is 0 Å². The lowest BCUT2D eigenvalue weighted by Gasteiger charge is -2.35. The van der Waals surface area contributed by atoms with Gasteiger partial charge in [-0.05, 0) is 46.2 Å². The summed E-state index contributed by atoms with van der Waals surface area (Å²) in [6.45, 7) is 10.4. The highest BCUT2D eigenvalue weighted by atomic mass is 16.1. The van der Waals surface area contributed by atoms with Crippen molar-refractivity contribution in [3.8, 4) is 0 Å². The van der Waals surface area contributed by atoms with Crippen LogP contribution < -0.4 is 10.6 Å². The average Bonchev–Trinajstić information content (AvgIpc) is 2.36. The summed E-state index contributed by atoms with van der Waals surface area (Å²) in [5, 5.41) is 6.13. The van der Waals surface area contributed by atoms with Crippen molar-refractivity contribution in [1.29, 1.82) is 0 Å². The molecule has 0 saturated carbocycles. The van der Waals surface area contributed by atoms with E-state index in [1.807, 2.05) is 14.0 Å². The molecule has 4 nitrogen and oxygen atoms in total. The van der Waals surface area contributed by atoms with Crippen molar-refractivity contribution in [1.82, 2.24) is 15.5 Å². The Morgan fingerprint density at radius 2 is 2.11 bits per heavy atom. The minimum absolute atomic E-state index is 0.0554. The zero-order valence-corrected chi connectivity index (χ0v) is 12.3. The van der Waals surface area contributed by atoms with Gasteiger partial charge in [-0.15, -0.1) is 0 Å². The first-order valence-corrected chi connectivity index (χ1v) is 7.21. The molecule has 0 aromatic heterocycles. The largest absolute Gasteiger partial charge is 0.356 e. The van der Waals surface area contributed by atoms with Crippen LogP contribution in [0.2, 0.25) is 0 Å². The lowest BCUT2D eigenvalue weighted by atomic mass is 9.96. The Balaban J connectivity index is 2.28. The van der Waals surface area contributed by atoms with Gasteiger partial charge in [-0.3, -0.25) is 4.79 Å². The quantitative estimate of drug-likeness (QED) is 0.746. The molecule has 1 heterocycles. The van der Waals surface area contributed by atoms with Gasteiger partial charge < -0.3 is 15.5 Å². The SMILES string of the molecule is CNCC(C)C(=O)NCC1CCCN(C(C)C)C1. The second-order valence-corrected chi connectivity index (χ2v) is 5.80. The van der Waals surface area contributed by atoms with Crippen molar-refractivity contribution in [3.05, 3.63) is 0 Å². The molecule has 0 aromatic rings. The van der Waals surface area contributed by atoms with E-state index in [0.717, 1.165) is 19.6 Å². The molecule has 0 spiro atoms. The molecule has 1 aliphatic heterocycles. The minimum atomic E-state index is 0.0554. The molecule has 0 bridgehead atoms. The molecule has 2 unspecified atom stereocenters. The van der Waals surface area contributed by atoms with Gasteiger partial charge >= 0.3 is 0 Å². The topological polar surface area (TPSA) is 44.4 Å². The first-order chi connectivity index (χ1) is 8.54. The highest BCUT2D eigenvalue weighted by molar-refractivity contribution is 5.78. The van der Waals surface area contributed by atoms with Gasteiger partial charge in [0.1, 0.15) is 0 Å². The highest BCUT2D eigenvalue weighted by Gasteiger charge is 2.22. The van der Waals surface area contributed by atoms with Crippen LogP contribution >= 0.6 is 0 Å². The number of likely N-dealkylation sites (tertiary alicyclic amines) is 1. The smallest absolute Gasteiger partial charge is 0.224 e. The van der Waals surface area contributed by atoms with E-state index in [4.69, 9.17) is 0 Å². The maximum atomic E-state index is 11.8. The molecule has 2 atom stereocenters. The number of hydrogen-bond acceptors (Lipinski definition) is 3. The van der Waals surface area contributed by atoms with Crippen LogP contribution in [0.15, 0.2) is 0 Å². The van der Waals surface area contributed by atoms with E-state index in [1.54, 1.807) is 0 Å². The number of hydrogen-bond donors (Lipinski definition) is 2. The Morgan fingerprint density at radius 3 is 2.72 bits per heavy atom. The van der Waals surface area contributed by atoms with Gasteiger partial charge in [-0.1, -0.05) is 6.92 Å². The maximum absolute atomic E-state index is 11.8. The molecular formula is C14H29N3O. The third-order valence-electron chi connectivity index (χ3n) is 3.80. The normalized spacial score (nSPS) is 23.1. The van der Waals surface area contributed by atoms with Gasteiger partial charge in [-0.2, -0.15) is 0 Å². The molecule has 4 heteroatoms. The monoisotopic (exact) mass is 255 g/mol. The van der Waals surface area contributed by atoms with Crippen LogP contribution in [0.3, 0.4) is 0 Å². The van der Waals surface area contributed by atoms with Crippen molar-refractivity contribution in [2.45, 2.75) is 39.7 Å². The van der Waals surface area contributed by atoms with E-state index in [2.05, 4.69) is 29.4 Å². The van der Waals surface area contributed by atoms with Crippen LogP contribution in [0.25, 0.3) is 0 Å². The summed E-state index contributed by atoms with van der Waals surface area (Å²) in [7, 11) is 1.88. The first kappa shape index (κ1) is 15.4. The van der Waals surface area contributed by atoms with Crippen molar-refractivity contribution >= 4 is 5.91 Å². The van der Waals surface area contributed by atoms with Crippen molar-refractivity contribution in [2.24, 2.45) is 11.8 Å². The van der Waals surface area contributed by atoms with Gasteiger partial charge in [0.25, 0.3) is 0 Å². The number of rotatable bonds is 6. The third-order valence-corrected chi connectivity index (χ3v) is 3.80. The molecule has 1 rings (SSSR count). The molecule has 1 aliphatic rings. The van der Waals surface area contributed by atoms with E-state index in [0.29, 0.717) is 12.0 Å². The van der Waals surface area contributed by atoms with Crippen LogP contribution in [0.4, 0.5) is 0 Å². The Bertz CT molecular complexity index is 255. The van der Waals surface area contributed by atoms with Gasteiger partial charge in [0, 0.05) is 31.6 Å². The second kappa shape index (κ2) is 7.74. The molecular weight excluding hydrogens is 226 g/mol. The number of amides is 1. The fraction of sp³-hybridized carbons (Fsp3) is 0.929. The van der Waals surface area contributed by atoms with E-state index in [9.17, 15) is 4.79 Å². The van der Waals surface area contributed by atoms with E-state index in [1.165, 1.54) is 19.4 Å². The van der Waals surface area contributed by atoms with E-state index < -0.39 is 0 Å². The number of piperidine rings is 1. The van der Waals surface area contributed by atoms with Crippen molar-refractivity contribution < 1.29 is 4.79 Å². The lowest BCUT2D eigenvalue weighted by molar-refractivity contribution is -0.124. The highest BCUT2D eigenvalue weighted by Crippen LogP contribution is 2.17. The standard InChI is InChI=1S/C14H29N3O/c1-11(2)17-7-5-6-13(10-17)9-16-14(18)12(3)8-15-4/h11-13,15H,5-10H2,1-4H3,(H,16,18). The summed E-state index contributed by atoms with van der Waals surface area (Å²) in [5.41, 5.74) is 0. The molecule has 1 saturated heterocycles. The molecule has 0 aliphatic carbocycles. The first-order valence-electron chi connectivity index (χ1n) is 7.21. The number of nitrogens with one attached hydrogen (secondary N) is 2. The molecule has 106 valence electrons. The fourth-order valence-corrected chi connectivity index (χ4v) is 2.55. The van der Waals surface area contributed by atoms with E-state index in [-0.39, 0.29) is 11.8 Å². The average molecular weight is 255 g/mol. The summed E-state index contributed by atoms with van der Waals surface area (Å²) in [6, 6.07) is 0.617. The molecule has 0 radical (unpaired) electrons. The predicted molar refractivity (Wildman–Crippen MR) is 75.5 cm³/mol. The number of nitrogens with zero attached hydrogens (tertiary/aromatic N) is 1. The van der Waals surface area contributed by atoms with Crippen LogP contribution in [0.5, 0.6) is 0 Å². The predicted octanol–water partition coefficient (Wildman–Crippen LogP) is 1.08. The Hall–Kier alpha value is -0.610. The van der Waals surface area contributed by atoms with Crippen LogP contribution in [0.1, 0.15) is 33.6 Å². The molecule has 1 fully saturated rings. The summed E-state index contributed by atoms with van der Waals surface area (Å²) < 4.78 is 0. The minimum Gasteiger partial charge on any atom is -0.356 e. The van der Waals surface area contributed by atoms with Crippen LogP contribution in [-0.2, 0) is 4.79 Å². The van der Waals surface area contributed by atoms with Crippen LogP contribution in [0, 0.1) is 11.8 Å². The van der Waals surface area contributed by atoms with Crippen molar-refractivity contribution in [3.63, 3.8) is 0 Å². The zero-order valence-electron chi connectivity index (χ0n) is 12.3. The number of carbonyl (C=O) groups excluding carboxylic acids is 1. The van der Waals surface area contributed by atoms with Crippen LogP contribution in [-0.4, -0.2) is 50.1 Å². The molecule has 18 heavy (non-hydrogen) atoms. The van der Waals surface area contributed by atoms with Gasteiger partial charge in [0.2, 0.25) is 5.91 Å². The van der Waals surface area contributed by atoms with Gasteiger partial charge in [-0.25, -0.2) is 0 Å². The summed E-state index contributed by atoms with van der Waals surface area (Å²) in [4.78, 5) is 14.3. The van der Waals surface area contributed by atoms with Gasteiger partial charge in [0.15, 0.2) is 0 Å². The molecule has 2 N–H and O–H groups in total. The maximum Gasteiger partial charge on any atom is 0.224 e. The second-order valence-electron chi connectivity index (χ2n) is 5.80. The zero-order chi connectivity index (χ0) is 13.5. The Morgan fingerprint density at radius 1 is 1.39 bits per heavy atom. The fourth-order valence-electron chi connectivity index (χ4n) is 2.55. The van der Waals surface area contributed by atoms with Gasteiger partial charge in [0.05, 0.1) is 0 Å². The van der Waals surface area contributed by atoms with Crippen molar-refractivity contribution in [2.75, 3.05) is 33.2 Å². The summed E-state index contributed by atoms with van der Waals surface area (Å²) in [5.74, 6) is 0.845. The molecule has 1 amide bonds. The Labute approximate surface area is 111 Å². The lowest BCUT2D eigenvalue weighted by Crippen LogP contribution is -2.45. The number of carbonyl (C=O) groups is 1. The summed E-state index contributed by atoms with van der Waals surface area (Å²) >= 11 is 0.